The molecule has 3 N–H and O–H groups in total. The molecule has 0 heterocycles. The highest BCUT2D eigenvalue weighted by molar-refractivity contribution is 5.92. The van der Waals surface area contributed by atoms with E-state index in [1.807, 2.05) is 20.8 Å². The minimum absolute atomic E-state index is 0.0164. The van der Waals surface area contributed by atoms with E-state index in [4.69, 9.17) is 5.73 Å². The monoisotopic (exact) mass is 212 g/mol. The lowest BCUT2D eigenvalue weighted by Gasteiger charge is -2.34. The zero-order valence-electron chi connectivity index (χ0n) is 9.67. The Kier molecular flexibility index (Phi) is 3.37. The highest BCUT2D eigenvalue weighted by Crippen LogP contribution is 2.31. The average Bonchev–Trinajstić information content (AvgIpc) is 2.95. The number of nitrogens with two attached hydrogens (primary N) is 1. The van der Waals surface area contributed by atoms with Crippen molar-refractivity contribution in [2.24, 2.45) is 17.6 Å². The molecule has 0 aromatic rings. The van der Waals surface area contributed by atoms with Gasteiger partial charge in [-0.3, -0.25) is 9.59 Å². The zero-order chi connectivity index (χ0) is 11.6. The minimum Gasteiger partial charge on any atom is -0.368 e. The lowest BCUT2D eigenvalue weighted by molar-refractivity contribution is -0.134. The number of rotatable bonds is 5. The molecule has 4 nitrogen and oxygen atoms in total. The van der Waals surface area contributed by atoms with Crippen LogP contribution in [0.5, 0.6) is 0 Å². The van der Waals surface area contributed by atoms with Gasteiger partial charge in [0.1, 0.15) is 5.54 Å². The van der Waals surface area contributed by atoms with E-state index in [1.165, 1.54) is 0 Å². The summed E-state index contributed by atoms with van der Waals surface area (Å²) in [5, 5.41) is 2.83. The first-order valence-electron chi connectivity index (χ1n) is 5.56. The Morgan fingerprint density at radius 2 is 2.00 bits per heavy atom. The molecule has 1 aliphatic rings. The fourth-order valence-electron chi connectivity index (χ4n) is 1.83. The molecule has 0 spiro atoms. The Bertz CT molecular complexity index is 272. The van der Waals surface area contributed by atoms with E-state index in [1.54, 1.807) is 0 Å². The first kappa shape index (κ1) is 12.0. The minimum atomic E-state index is -0.875. The summed E-state index contributed by atoms with van der Waals surface area (Å²) >= 11 is 0. The third-order valence-corrected chi connectivity index (χ3v) is 3.28. The van der Waals surface area contributed by atoms with Crippen molar-refractivity contribution in [1.29, 1.82) is 0 Å². The topological polar surface area (TPSA) is 72.2 Å². The molecule has 0 saturated heterocycles. The number of carbonyl (C=O) groups is 2. The van der Waals surface area contributed by atoms with Crippen molar-refractivity contribution in [3.05, 3.63) is 0 Å². The van der Waals surface area contributed by atoms with Crippen molar-refractivity contribution in [3.8, 4) is 0 Å². The summed E-state index contributed by atoms with van der Waals surface area (Å²) in [5.74, 6) is -0.338. The lowest BCUT2D eigenvalue weighted by atomic mass is 9.83. The van der Waals surface area contributed by atoms with Gasteiger partial charge in [0.05, 0.1) is 0 Å². The second kappa shape index (κ2) is 4.21. The Labute approximate surface area is 90.6 Å². The van der Waals surface area contributed by atoms with Crippen LogP contribution in [0.3, 0.4) is 0 Å². The van der Waals surface area contributed by atoms with E-state index < -0.39 is 11.4 Å². The third-order valence-electron chi connectivity index (χ3n) is 3.28. The van der Waals surface area contributed by atoms with Gasteiger partial charge in [-0.15, -0.1) is 0 Å². The van der Waals surface area contributed by atoms with Crippen molar-refractivity contribution in [2.75, 3.05) is 0 Å². The van der Waals surface area contributed by atoms with Crippen LogP contribution in [0.2, 0.25) is 0 Å². The van der Waals surface area contributed by atoms with Crippen LogP contribution in [0.15, 0.2) is 0 Å². The van der Waals surface area contributed by atoms with Crippen molar-refractivity contribution in [1.82, 2.24) is 5.32 Å². The molecule has 15 heavy (non-hydrogen) atoms. The quantitative estimate of drug-likeness (QED) is 0.707. The summed E-state index contributed by atoms with van der Waals surface area (Å²) < 4.78 is 0. The zero-order valence-corrected chi connectivity index (χ0v) is 9.67. The number of hydrogen-bond acceptors (Lipinski definition) is 2. The fourth-order valence-corrected chi connectivity index (χ4v) is 1.83. The molecule has 1 rings (SSSR count). The Morgan fingerprint density at radius 3 is 2.27 bits per heavy atom. The van der Waals surface area contributed by atoms with E-state index in [0.717, 1.165) is 12.8 Å². The number of hydrogen-bond donors (Lipinski definition) is 2. The van der Waals surface area contributed by atoms with Gasteiger partial charge in [-0.05, 0) is 25.2 Å². The Morgan fingerprint density at radius 1 is 1.47 bits per heavy atom. The van der Waals surface area contributed by atoms with Gasteiger partial charge in [-0.1, -0.05) is 20.8 Å². The first-order chi connectivity index (χ1) is 6.94. The molecule has 86 valence electrons. The van der Waals surface area contributed by atoms with Gasteiger partial charge < -0.3 is 11.1 Å². The Balaban J connectivity index is 2.78. The predicted molar refractivity (Wildman–Crippen MR) is 57.9 cm³/mol. The molecule has 1 atom stereocenters. The summed E-state index contributed by atoms with van der Waals surface area (Å²) in [4.78, 5) is 23.1. The van der Waals surface area contributed by atoms with Crippen LogP contribution in [-0.4, -0.2) is 17.4 Å². The maximum absolute atomic E-state index is 11.7. The molecule has 1 fully saturated rings. The van der Waals surface area contributed by atoms with Gasteiger partial charge in [-0.25, -0.2) is 0 Å². The number of primary amides is 1. The number of nitrogens with one attached hydrogen (secondary N) is 1. The van der Waals surface area contributed by atoms with Crippen molar-refractivity contribution in [2.45, 2.75) is 45.6 Å². The molecule has 0 aromatic heterocycles. The van der Waals surface area contributed by atoms with Gasteiger partial charge in [-0.2, -0.15) is 0 Å². The average molecular weight is 212 g/mol. The third kappa shape index (κ3) is 2.30. The largest absolute Gasteiger partial charge is 0.368 e. The van der Waals surface area contributed by atoms with Crippen molar-refractivity contribution in [3.63, 3.8) is 0 Å². The summed E-state index contributed by atoms with van der Waals surface area (Å²) in [6.45, 7) is 5.68. The molecular formula is C11H20N2O2. The van der Waals surface area contributed by atoms with Crippen LogP contribution in [-0.2, 0) is 9.59 Å². The van der Waals surface area contributed by atoms with Crippen LogP contribution in [0.25, 0.3) is 0 Å². The number of amides is 2. The second-order valence-corrected chi connectivity index (χ2v) is 4.61. The van der Waals surface area contributed by atoms with Crippen LogP contribution in [0, 0.1) is 11.8 Å². The molecule has 0 bridgehead atoms. The van der Waals surface area contributed by atoms with Crippen LogP contribution >= 0.6 is 0 Å². The summed E-state index contributed by atoms with van der Waals surface area (Å²) in [5.41, 5.74) is 4.52. The van der Waals surface area contributed by atoms with E-state index in [0.29, 0.717) is 6.42 Å². The van der Waals surface area contributed by atoms with E-state index in [9.17, 15) is 9.59 Å². The predicted octanol–water partition coefficient (Wildman–Crippen LogP) is 0.803. The normalized spacial score (nSPS) is 19.7. The molecule has 0 aliphatic heterocycles. The van der Waals surface area contributed by atoms with Crippen LogP contribution in [0.1, 0.15) is 40.0 Å². The van der Waals surface area contributed by atoms with Gasteiger partial charge in [0, 0.05) is 5.92 Å². The maximum atomic E-state index is 11.7. The highest BCUT2D eigenvalue weighted by Gasteiger charge is 2.42. The Hall–Kier alpha value is -1.06. The summed E-state index contributed by atoms with van der Waals surface area (Å²) in [7, 11) is 0. The molecule has 2 amide bonds. The fraction of sp³-hybridized carbons (Fsp3) is 0.818. The van der Waals surface area contributed by atoms with Gasteiger partial charge in [0.2, 0.25) is 11.8 Å². The standard InChI is InChI=1S/C11H20N2O2/c1-4-11(7(2)3,10(12)15)13-9(14)8-5-6-8/h7-8H,4-6H2,1-3H3,(H2,12,15)(H,13,14)/t11-/m1/s1. The van der Waals surface area contributed by atoms with E-state index >= 15 is 0 Å². The molecule has 4 heteroatoms. The van der Waals surface area contributed by atoms with Gasteiger partial charge >= 0.3 is 0 Å². The lowest BCUT2D eigenvalue weighted by Crippen LogP contribution is -2.60. The van der Waals surface area contributed by atoms with Gasteiger partial charge in [0.25, 0.3) is 0 Å². The smallest absolute Gasteiger partial charge is 0.243 e. The summed E-state index contributed by atoms with van der Waals surface area (Å²) in [6.07, 6.45) is 2.41. The maximum Gasteiger partial charge on any atom is 0.243 e. The van der Waals surface area contributed by atoms with Crippen LogP contribution < -0.4 is 11.1 Å². The van der Waals surface area contributed by atoms with E-state index in [-0.39, 0.29) is 17.7 Å². The molecule has 0 radical (unpaired) electrons. The molecule has 0 unspecified atom stereocenters. The van der Waals surface area contributed by atoms with Gasteiger partial charge in [0.15, 0.2) is 0 Å². The highest BCUT2D eigenvalue weighted by atomic mass is 16.2. The second-order valence-electron chi connectivity index (χ2n) is 4.61. The molecule has 0 aromatic carbocycles. The SMILES string of the molecule is CC[C@](NC(=O)C1CC1)(C(N)=O)C(C)C. The molecular weight excluding hydrogens is 192 g/mol. The van der Waals surface area contributed by atoms with Crippen LogP contribution in [0.4, 0.5) is 0 Å². The first-order valence-corrected chi connectivity index (χ1v) is 5.56. The van der Waals surface area contributed by atoms with E-state index in [2.05, 4.69) is 5.32 Å². The number of carbonyl (C=O) groups excluding carboxylic acids is 2. The van der Waals surface area contributed by atoms with Crippen molar-refractivity contribution < 1.29 is 9.59 Å². The summed E-state index contributed by atoms with van der Waals surface area (Å²) in [6, 6.07) is 0. The molecule has 1 aliphatic carbocycles. The molecule has 1 saturated carbocycles. The van der Waals surface area contributed by atoms with Crippen molar-refractivity contribution >= 4 is 11.8 Å².